The summed E-state index contributed by atoms with van der Waals surface area (Å²) in [5.74, 6) is -0.105. The average molecular weight is 341 g/mol. The summed E-state index contributed by atoms with van der Waals surface area (Å²) in [4.78, 5) is 19.3. The fraction of sp³-hybridized carbons (Fsp3) is 0.353. The van der Waals surface area contributed by atoms with Crippen molar-refractivity contribution < 1.29 is 4.79 Å². The molecule has 0 radical (unpaired) electrons. The molecule has 1 fully saturated rings. The summed E-state index contributed by atoms with van der Waals surface area (Å²) in [7, 11) is 1.81. The van der Waals surface area contributed by atoms with Crippen LogP contribution in [0.1, 0.15) is 23.3 Å². The number of benzene rings is 1. The Morgan fingerprint density at radius 2 is 2.21 bits per heavy atom. The van der Waals surface area contributed by atoms with Gasteiger partial charge in [0.2, 0.25) is 0 Å². The molecule has 24 heavy (non-hydrogen) atoms. The number of hydrogen-bond acceptors (Lipinski definition) is 5. The summed E-state index contributed by atoms with van der Waals surface area (Å²) in [6.45, 7) is 1.77. The highest BCUT2D eigenvalue weighted by molar-refractivity contribution is 7.22. The first-order valence-electron chi connectivity index (χ1n) is 8.10. The molecule has 4 rings (SSSR count). The van der Waals surface area contributed by atoms with E-state index < -0.39 is 0 Å². The van der Waals surface area contributed by atoms with Crippen molar-refractivity contribution >= 4 is 32.6 Å². The molecule has 1 N–H and O–H groups in total. The maximum absolute atomic E-state index is 12.3. The second-order valence-electron chi connectivity index (χ2n) is 6.10. The summed E-state index contributed by atoms with van der Waals surface area (Å²) in [5.41, 5.74) is 1.51. The molecule has 1 aromatic carbocycles. The zero-order valence-corrected chi connectivity index (χ0v) is 14.3. The summed E-state index contributed by atoms with van der Waals surface area (Å²) in [6, 6.07) is 10.1. The van der Waals surface area contributed by atoms with Gasteiger partial charge in [0.05, 0.1) is 10.2 Å². The molecule has 0 spiro atoms. The van der Waals surface area contributed by atoms with E-state index >= 15 is 0 Å². The molecule has 2 aromatic heterocycles. The highest BCUT2D eigenvalue weighted by atomic mass is 32.1. The Hall–Kier alpha value is -2.41. The number of carbonyl (C=O) groups excluding carboxylic acids is 1. The molecule has 1 unspecified atom stereocenters. The zero-order chi connectivity index (χ0) is 16.5. The molecule has 0 aliphatic carbocycles. The first kappa shape index (κ1) is 15.1. The van der Waals surface area contributed by atoms with Crippen LogP contribution in [0.5, 0.6) is 0 Å². The molecule has 0 saturated carbocycles. The van der Waals surface area contributed by atoms with Crippen molar-refractivity contribution in [1.82, 2.24) is 20.1 Å². The molecule has 7 heteroatoms. The van der Waals surface area contributed by atoms with Gasteiger partial charge in [-0.1, -0.05) is 23.5 Å². The van der Waals surface area contributed by atoms with E-state index in [0.29, 0.717) is 5.69 Å². The Morgan fingerprint density at radius 1 is 1.33 bits per heavy atom. The molecule has 1 aliphatic rings. The number of rotatable bonds is 3. The quantitative estimate of drug-likeness (QED) is 0.795. The van der Waals surface area contributed by atoms with E-state index in [-0.39, 0.29) is 11.9 Å². The van der Waals surface area contributed by atoms with Crippen LogP contribution in [0.2, 0.25) is 0 Å². The SMILES string of the molecule is Cn1ccc(C(=O)NC2CCCN(c3nc4ccccc4s3)C2)n1. The summed E-state index contributed by atoms with van der Waals surface area (Å²) >= 11 is 1.71. The highest BCUT2D eigenvalue weighted by Gasteiger charge is 2.24. The van der Waals surface area contributed by atoms with Crippen molar-refractivity contribution in [2.45, 2.75) is 18.9 Å². The first-order valence-corrected chi connectivity index (χ1v) is 8.92. The van der Waals surface area contributed by atoms with Crippen LogP contribution in [0, 0.1) is 0 Å². The van der Waals surface area contributed by atoms with Crippen LogP contribution in [0.15, 0.2) is 36.5 Å². The standard InChI is InChI=1S/C17H19N5OS/c1-21-10-8-14(20-21)16(23)18-12-5-4-9-22(11-12)17-19-13-6-2-3-7-15(13)24-17/h2-3,6-8,10,12H,4-5,9,11H2,1H3,(H,18,23). The molecule has 124 valence electrons. The Morgan fingerprint density at radius 3 is 3.00 bits per heavy atom. The molecule has 1 amide bonds. The van der Waals surface area contributed by atoms with E-state index in [1.165, 1.54) is 4.70 Å². The third kappa shape index (κ3) is 2.99. The minimum atomic E-state index is -0.105. The van der Waals surface area contributed by atoms with Crippen LogP contribution >= 0.6 is 11.3 Å². The molecule has 6 nitrogen and oxygen atoms in total. The molecule has 1 atom stereocenters. The van der Waals surface area contributed by atoms with Crippen molar-refractivity contribution in [2.24, 2.45) is 7.05 Å². The smallest absolute Gasteiger partial charge is 0.272 e. The van der Waals surface area contributed by atoms with Crippen molar-refractivity contribution in [3.05, 3.63) is 42.2 Å². The number of aromatic nitrogens is 3. The van der Waals surface area contributed by atoms with Crippen molar-refractivity contribution in [1.29, 1.82) is 0 Å². The molecule has 3 aromatic rings. The van der Waals surface area contributed by atoms with Gasteiger partial charge in [-0.05, 0) is 31.0 Å². The van der Waals surface area contributed by atoms with Gasteiger partial charge in [-0.25, -0.2) is 4.98 Å². The average Bonchev–Trinajstić information content (AvgIpc) is 3.21. The fourth-order valence-corrected chi connectivity index (χ4v) is 4.06. The minimum Gasteiger partial charge on any atom is -0.346 e. The predicted octanol–water partition coefficient (Wildman–Crippen LogP) is 2.43. The number of amides is 1. The number of fused-ring (bicyclic) bond motifs is 1. The number of nitrogens with zero attached hydrogens (tertiary/aromatic N) is 4. The van der Waals surface area contributed by atoms with Gasteiger partial charge in [-0.3, -0.25) is 9.48 Å². The van der Waals surface area contributed by atoms with Crippen LogP contribution in [0.4, 0.5) is 5.13 Å². The number of hydrogen-bond donors (Lipinski definition) is 1. The lowest BCUT2D eigenvalue weighted by atomic mass is 10.1. The lowest BCUT2D eigenvalue weighted by molar-refractivity contribution is 0.0927. The van der Waals surface area contributed by atoms with Crippen molar-refractivity contribution in [3.8, 4) is 0 Å². The van der Waals surface area contributed by atoms with Gasteiger partial charge >= 0.3 is 0 Å². The lowest BCUT2D eigenvalue weighted by Crippen LogP contribution is -2.47. The Balaban J connectivity index is 1.46. The van der Waals surface area contributed by atoms with Gasteiger partial charge < -0.3 is 10.2 Å². The normalized spacial score (nSPS) is 18.0. The Labute approximate surface area is 144 Å². The van der Waals surface area contributed by atoms with Gasteiger partial charge in [-0.15, -0.1) is 0 Å². The molecule has 1 aliphatic heterocycles. The predicted molar refractivity (Wildman–Crippen MR) is 95.5 cm³/mol. The molecule has 1 saturated heterocycles. The van der Waals surface area contributed by atoms with Gasteiger partial charge in [0.25, 0.3) is 5.91 Å². The number of nitrogens with one attached hydrogen (secondary N) is 1. The van der Waals surface area contributed by atoms with Gasteiger partial charge in [0, 0.05) is 32.4 Å². The van der Waals surface area contributed by atoms with Gasteiger partial charge in [0.1, 0.15) is 5.69 Å². The van der Waals surface area contributed by atoms with Crippen LogP contribution in [-0.4, -0.2) is 39.8 Å². The fourth-order valence-electron chi connectivity index (χ4n) is 3.06. The molecule has 0 bridgehead atoms. The minimum absolute atomic E-state index is 0.105. The second-order valence-corrected chi connectivity index (χ2v) is 7.11. The number of aryl methyl sites for hydroxylation is 1. The third-order valence-electron chi connectivity index (χ3n) is 4.26. The number of piperidine rings is 1. The summed E-state index contributed by atoms with van der Waals surface area (Å²) in [6.07, 6.45) is 3.81. The van der Waals surface area contributed by atoms with Crippen LogP contribution in [-0.2, 0) is 7.05 Å². The monoisotopic (exact) mass is 341 g/mol. The number of anilines is 1. The largest absolute Gasteiger partial charge is 0.346 e. The number of para-hydroxylation sites is 1. The maximum atomic E-state index is 12.3. The number of carbonyl (C=O) groups is 1. The van der Waals surface area contributed by atoms with Crippen molar-refractivity contribution in [3.63, 3.8) is 0 Å². The highest BCUT2D eigenvalue weighted by Crippen LogP contribution is 2.30. The van der Waals surface area contributed by atoms with Crippen LogP contribution in [0.3, 0.4) is 0 Å². The van der Waals surface area contributed by atoms with Gasteiger partial charge in [0.15, 0.2) is 5.13 Å². The number of thiazole rings is 1. The van der Waals surface area contributed by atoms with E-state index in [1.807, 2.05) is 25.2 Å². The third-order valence-corrected chi connectivity index (χ3v) is 5.35. The molecular weight excluding hydrogens is 322 g/mol. The Kier molecular flexibility index (Phi) is 3.93. The van der Waals surface area contributed by atoms with E-state index in [9.17, 15) is 4.79 Å². The topological polar surface area (TPSA) is 63.1 Å². The molecular formula is C17H19N5OS. The van der Waals surface area contributed by atoms with E-state index in [4.69, 9.17) is 4.98 Å². The van der Waals surface area contributed by atoms with E-state index in [1.54, 1.807) is 28.3 Å². The Bertz CT molecular complexity index is 838. The van der Waals surface area contributed by atoms with Crippen molar-refractivity contribution in [2.75, 3.05) is 18.0 Å². The summed E-state index contributed by atoms with van der Waals surface area (Å²) in [5, 5.41) is 8.30. The lowest BCUT2D eigenvalue weighted by Gasteiger charge is -2.32. The molecule has 3 heterocycles. The maximum Gasteiger partial charge on any atom is 0.272 e. The summed E-state index contributed by atoms with van der Waals surface area (Å²) < 4.78 is 2.84. The second kappa shape index (κ2) is 6.24. The van der Waals surface area contributed by atoms with E-state index in [2.05, 4.69) is 21.4 Å². The van der Waals surface area contributed by atoms with Gasteiger partial charge in [-0.2, -0.15) is 5.10 Å². The zero-order valence-electron chi connectivity index (χ0n) is 13.5. The van der Waals surface area contributed by atoms with E-state index in [0.717, 1.165) is 36.6 Å². The van der Waals surface area contributed by atoms with Crippen LogP contribution < -0.4 is 10.2 Å². The first-order chi connectivity index (χ1) is 11.7. The van der Waals surface area contributed by atoms with Crippen LogP contribution in [0.25, 0.3) is 10.2 Å².